The number of amides is 2. The van der Waals surface area contributed by atoms with Crippen molar-refractivity contribution in [1.29, 1.82) is 0 Å². The molecule has 1 aliphatic heterocycles. The van der Waals surface area contributed by atoms with Gasteiger partial charge >= 0.3 is 6.03 Å². The predicted octanol–water partition coefficient (Wildman–Crippen LogP) is 4.95. The van der Waals surface area contributed by atoms with E-state index in [-0.39, 0.29) is 4.90 Å². The van der Waals surface area contributed by atoms with Crippen LogP contribution in [-0.2, 0) is 16.6 Å². The maximum atomic E-state index is 13.5. The molecule has 3 aromatic rings. The minimum absolute atomic E-state index is 0.133. The molecule has 0 bridgehead atoms. The lowest BCUT2D eigenvalue weighted by Gasteiger charge is -2.37. The molecule has 0 fully saturated rings. The fourth-order valence-corrected chi connectivity index (χ4v) is 5.35. The molecule has 0 radical (unpaired) electrons. The van der Waals surface area contributed by atoms with Crippen LogP contribution in [0.2, 0.25) is 0 Å². The Morgan fingerprint density at radius 3 is 2.21 bits per heavy atom. The van der Waals surface area contributed by atoms with E-state index in [1.807, 2.05) is 57.2 Å². The molecule has 0 aromatic heterocycles. The maximum absolute atomic E-state index is 13.5. The SMILES string of the molecule is Cc1ccc(N2C(=O)N(Cc3ccccc3C)c3ccccc3S2(=O)=O)c(C)c1. The summed E-state index contributed by atoms with van der Waals surface area (Å²) in [5.41, 5.74) is 4.54. The summed E-state index contributed by atoms with van der Waals surface area (Å²) in [6.07, 6.45) is 0. The van der Waals surface area contributed by atoms with Gasteiger partial charge in [0.1, 0.15) is 4.90 Å². The van der Waals surface area contributed by atoms with Gasteiger partial charge in [0.25, 0.3) is 10.0 Å². The number of para-hydroxylation sites is 1. The van der Waals surface area contributed by atoms with Gasteiger partial charge in [0, 0.05) is 0 Å². The van der Waals surface area contributed by atoms with Gasteiger partial charge < -0.3 is 0 Å². The maximum Gasteiger partial charge on any atom is 0.343 e. The van der Waals surface area contributed by atoms with Crippen LogP contribution in [0, 0.1) is 20.8 Å². The van der Waals surface area contributed by atoms with Gasteiger partial charge in [0.05, 0.1) is 17.9 Å². The standard InChI is InChI=1S/C23H22N2O3S/c1-16-12-13-20(18(3)14-16)25-23(26)24(15-19-9-5-4-8-17(19)2)21-10-6-7-11-22(21)29(25,27)28/h4-14H,15H2,1-3H3. The van der Waals surface area contributed by atoms with Crippen LogP contribution in [0.3, 0.4) is 0 Å². The molecule has 1 heterocycles. The number of rotatable bonds is 3. The Morgan fingerprint density at radius 1 is 0.793 bits per heavy atom. The Hall–Kier alpha value is -3.12. The molecule has 29 heavy (non-hydrogen) atoms. The van der Waals surface area contributed by atoms with Crippen LogP contribution in [0.15, 0.2) is 71.6 Å². The van der Waals surface area contributed by atoms with Crippen LogP contribution in [0.4, 0.5) is 16.2 Å². The van der Waals surface area contributed by atoms with Crippen molar-refractivity contribution < 1.29 is 13.2 Å². The second kappa shape index (κ2) is 7.04. The third kappa shape index (κ3) is 3.19. The lowest BCUT2D eigenvalue weighted by molar-refractivity contribution is 0.253. The lowest BCUT2D eigenvalue weighted by atomic mass is 10.1. The highest BCUT2D eigenvalue weighted by atomic mass is 32.2. The fourth-order valence-electron chi connectivity index (χ4n) is 3.69. The van der Waals surface area contributed by atoms with Crippen molar-refractivity contribution in [2.75, 3.05) is 9.21 Å². The number of nitrogens with zero attached hydrogens (tertiary/aromatic N) is 2. The van der Waals surface area contributed by atoms with Gasteiger partial charge in [-0.05, 0) is 55.7 Å². The van der Waals surface area contributed by atoms with E-state index in [1.54, 1.807) is 30.3 Å². The highest BCUT2D eigenvalue weighted by Crippen LogP contribution is 2.39. The van der Waals surface area contributed by atoms with Crippen LogP contribution < -0.4 is 9.21 Å². The number of carbonyl (C=O) groups excluding carboxylic acids is 1. The molecule has 5 nitrogen and oxygen atoms in total. The first-order valence-corrected chi connectivity index (χ1v) is 10.8. The second-order valence-electron chi connectivity index (χ2n) is 7.32. The van der Waals surface area contributed by atoms with Crippen LogP contribution in [0.1, 0.15) is 22.3 Å². The predicted molar refractivity (Wildman–Crippen MR) is 115 cm³/mol. The molecule has 0 unspecified atom stereocenters. The zero-order chi connectivity index (χ0) is 20.8. The second-order valence-corrected chi connectivity index (χ2v) is 9.08. The summed E-state index contributed by atoms with van der Waals surface area (Å²) >= 11 is 0. The average molecular weight is 407 g/mol. The van der Waals surface area contributed by atoms with Crippen molar-refractivity contribution in [1.82, 2.24) is 0 Å². The number of fused-ring (bicyclic) bond motifs is 1. The molecule has 0 saturated heterocycles. The Kier molecular flexibility index (Phi) is 4.67. The van der Waals surface area contributed by atoms with Gasteiger partial charge in [0.2, 0.25) is 0 Å². The van der Waals surface area contributed by atoms with Gasteiger partial charge in [-0.15, -0.1) is 0 Å². The molecule has 0 N–H and O–H groups in total. The van der Waals surface area contributed by atoms with E-state index in [9.17, 15) is 13.2 Å². The molecule has 2 amide bonds. The highest BCUT2D eigenvalue weighted by molar-refractivity contribution is 7.94. The third-order valence-corrected chi connectivity index (χ3v) is 6.97. The van der Waals surface area contributed by atoms with E-state index in [0.717, 1.165) is 26.6 Å². The number of urea groups is 1. The number of benzene rings is 3. The summed E-state index contributed by atoms with van der Waals surface area (Å²) in [7, 11) is -4.01. The molecule has 4 rings (SSSR count). The number of aryl methyl sites for hydroxylation is 3. The summed E-state index contributed by atoms with van der Waals surface area (Å²) in [6.45, 7) is 6.02. The molecular formula is C23H22N2O3S. The molecule has 0 atom stereocenters. The quantitative estimate of drug-likeness (QED) is 0.619. The number of carbonyl (C=O) groups is 1. The Labute approximate surface area is 171 Å². The normalized spacial score (nSPS) is 15.3. The molecule has 1 aliphatic rings. The van der Waals surface area contributed by atoms with Crippen LogP contribution in [0.25, 0.3) is 0 Å². The largest absolute Gasteiger partial charge is 0.343 e. The van der Waals surface area contributed by atoms with Crippen LogP contribution in [-0.4, -0.2) is 14.4 Å². The zero-order valence-electron chi connectivity index (χ0n) is 16.6. The molecule has 0 saturated carbocycles. The molecule has 148 valence electrons. The average Bonchev–Trinajstić information content (AvgIpc) is 2.68. The Bertz CT molecular complexity index is 1220. The number of hydrogen-bond donors (Lipinski definition) is 0. The fraction of sp³-hybridized carbons (Fsp3) is 0.174. The number of sulfonamides is 1. The third-order valence-electron chi connectivity index (χ3n) is 5.24. The lowest BCUT2D eigenvalue weighted by Crippen LogP contribution is -2.51. The summed E-state index contributed by atoms with van der Waals surface area (Å²) in [5.74, 6) is 0. The van der Waals surface area contributed by atoms with E-state index in [0.29, 0.717) is 17.9 Å². The first-order valence-electron chi connectivity index (χ1n) is 9.38. The first kappa shape index (κ1) is 19.2. The molecule has 0 aliphatic carbocycles. The van der Waals surface area contributed by atoms with E-state index in [2.05, 4.69) is 0 Å². The number of anilines is 2. The Balaban J connectivity index is 1.91. The van der Waals surface area contributed by atoms with Gasteiger partial charge in [-0.25, -0.2) is 13.2 Å². The molecule has 6 heteroatoms. The van der Waals surface area contributed by atoms with Crippen molar-refractivity contribution in [3.8, 4) is 0 Å². The summed E-state index contributed by atoms with van der Waals surface area (Å²) in [5, 5.41) is 0. The highest BCUT2D eigenvalue weighted by Gasteiger charge is 2.42. The summed E-state index contributed by atoms with van der Waals surface area (Å²) in [4.78, 5) is 15.2. The topological polar surface area (TPSA) is 57.7 Å². The summed E-state index contributed by atoms with van der Waals surface area (Å²) in [6, 6.07) is 19.3. The van der Waals surface area contributed by atoms with Crippen LogP contribution >= 0.6 is 0 Å². The van der Waals surface area contributed by atoms with E-state index < -0.39 is 16.1 Å². The van der Waals surface area contributed by atoms with Crippen molar-refractivity contribution in [2.24, 2.45) is 0 Å². The number of hydrogen-bond acceptors (Lipinski definition) is 3. The molecule has 0 spiro atoms. The van der Waals surface area contributed by atoms with Gasteiger partial charge in [-0.3, -0.25) is 4.90 Å². The van der Waals surface area contributed by atoms with E-state index >= 15 is 0 Å². The minimum Gasteiger partial charge on any atom is -0.287 e. The Morgan fingerprint density at radius 2 is 1.48 bits per heavy atom. The smallest absolute Gasteiger partial charge is 0.287 e. The zero-order valence-corrected chi connectivity index (χ0v) is 17.4. The van der Waals surface area contributed by atoms with Gasteiger partial charge in [-0.2, -0.15) is 4.31 Å². The molecule has 3 aromatic carbocycles. The summed E-state index contributed by atoms with van der Waals surface area (Å²) < 4.78 is 27.7. The minimum atomic E-state index is -4.01. The molecular weight excluding hydrogens is 384 g/mol. The van der Waals surface area contributed by atoms with Gasteiger partial charge in [-0.1, -0.05) is 54.1 Å². The first-order chi connectivity index (χ1) is 13.8. The van der Waals surface area contributed by atoms with Crippen LogP contribution in [0.5, 0.6) is 0 Å². The van der Waals surface area contributed by atoms with E-state index in [1.165, 1.54) is 4.90 Å². The van der Waals surface area contributed by atoms with Crippen molar-refractivity contribution in [3.63, 3.8) is 0 Å². The van der Waals surface area contributed by atoms with E-state index in [4.69, 9.17) is 0 Å². The monoisotopic (exact) mass is 406 g/mol. The van der Waals surface area contributed by atoms with Gasteiger partial charge in [0.15, 0.2) is 0 Å². The van der Waals surface area contributed by atoms with Crippen molar-refractivity contribution in [3.05, 3.63) is 89.0 Å². The van der Waals surface area contributed by atoms with Crippen molar-refractivity contribution >= 4 is 27.4 Å². The van der Waals surface area contributed by atoms with Crippen molar-refractivity contribution in [2.45, 2.75) is 32.2 Å².